The van der Waals surface area contributed by atoms with Gasteiger partial charge in [-0.3, -0.25) is 15.0 Å². The lowest BCUT2D eigenvalue weighted by Crippen LogP contribution is -2.48. The summed E-state index contributed by atoms with van der Waals surface area (Å²) < 4.78 is 29.1. The van der Waals surface area contributed by atoms with Crippen molar-refractivity contribution in [1.82, 2.24) is 9.21 Å². The molecule has 1 fully saturated rings. The Labute approximate surface area is 212 Å². The van der Waals surface area contributed by atoms with Gasteiger partial charge < -0.3 is 4.90 Å². The van der Waals surface area contributed by atoms with Gasteiger partial charge in [0.15, 0.2) is 0 Å². The zero-order valence-electron chi connectivity index (χ0n) is 20.1. The van der Waals surface area contributed by atoms with Crippen molar-refractivity contribution in [3.05, 3.63) is 62.7 Å². The van der Waals surface area contributed by atoms with Gasteiger partial charge in [0.1, 0.15) is 4.90 Å². The number of benzene rings is 2. The first-order valence-electron chi connectivity index (χ1n) is 11.7. The van der Waals surface area contributed by atoms with Crippen LogP contribution in [0.25, 0.3) is 0 Å². The Hall–Kier alpha value is -2.64. The van der Waals surface area contributed by atoms with Crippen LogP contribution in [0.5, 0.6) is 0 Å². The summed E-state index contributed by atoms with van der Waals surface area (Å²) in [6, 6.07) is 10.0. The van der Waals surface area contributed by atoms with Crippen molar-refractivity contribution in [3.63, 3.8) is 0 Å². The van der Waals surface area contributed by atoms with Gasteiger partial charge in [-0.1, -0.05) is 43.5 Å². The van der Waals surface area contributed by atoms with Gasteiger partial charge in [0, 0.05) is 63.0 Å². The van der Waals surface area contributed by atoms with E-state index in [-0.39, 0.29) is 29.2 Å². The highest BCUT2D eigenvalue weighted by atomic mass is 35.5. The molecule has 2 aromatic carbocycles. The van der Waals surface area contributed by atoms with Crippen LogP contribution < -0.4 is 4.90 Å². The number of anilines is 1. The topological polar surface area (TPSA) is 87.0 Å². The number of non-ortho nitro benzene ring substituents is 1. The molecule has 0 saturated carbocycles. The van der Waals surface area contributed by atoms with Crippen LogP contribution in [0.15, 0.2) is 41.3 Å². The molecular weight excluding hydrogens is 488 g/mol. The van der Waals surface area contributed by atoms with Crippen molar-refractivity contribution < 1.29 is 13.3 Å². The molecule has 2 aromatic rings. The zero-order chi connectivity index (χ0) is 25.6. The second-order valence-electron chi connectivity index (χ2n) is 8.54. The van der Waals surface area contributed by atoms with Gasteiger partial charge in [-0.15, -0.1) is 6.42 Å². The van der Waals surface area contributed by atoms with Gasteiger partial charge in [0.25, 0.3) is 5.69 Å². The van der Waals surface area contributed by atoms with Crippen LogP contribution in [0.2, 0.25) is 5.02 Å². The van der Waals surface area contributed by atoms with Crippen molar-refractivity contribution in [1.29, 1.82) is 0 Å². The van der Waals surface area contributed by atoms with Gasteiger partial charge in [-0.05, 0) is 30.5 Å². The summed E-state index contributed by atoms with van der Waals surface area (Å²) >= 11 is 6.09. The SMILES string of the molecule is C#Cc1cc([N+](=O)[O-])cc(S(=O)(=O)N2CCN(Cc3cccc(Cl)c3)CC2)c1N(CCC)CCC. The number of sulfonamides is 1. The van der Waals surface area contributed by atoms with Crippen molar-refractivity contribution in [2.24, 2.45) is 0 Å². The van der Waals surface area contributed by atoms with Crippen molar-refractivity contribution in [3.8, 4) is 12.3 Å². The van der Waals surface area contributed by atoms with Crippen LogP contribution in [0.4, 0.5) is 11.4 Å². The number of rotatable bonds is 10. The molecular formula is C25H31ClN4O4S. The first-order chi connectivity index (χ1) is 16.7. The number of nitrogens with zero attached hydrogens (tertiary/aromatic N) is 4. The Morgan fingerprint density at radius 3 is 2.31 bits per heavy atom. The fourth-order valence-electron chi connectivity index (χ4n) is 4.37. The number of nitro groups is 1. The van der Waals surface area contributed by atoms with E-state index in [1.165, 1.54) is 10.4 Å². The highest BCUT2D eigenvalue weighted by molar-refractivity contribution is 7.89. The molecule has 0 N–H and O–H groups in total. The summed E-state index contributed by atoms with van der Waals surface area (Å²) in [6.07, 6.45) is 7.28. The lowest BCUT2D eigenvalue weighted by Gasteiger charge is -2.35. The molecule has 0 atom stereocenters. The van der Waals surface area contributed by atoms with Gasteiger partial charge in [0.05, 0.1) is 16.2 Å². The van der Waals surface area contributed by atoms with Crippen LogP contribution in [0.3, 0.4) is 0 Å². The molecule has 1 aliphatic rings. The largest absolute Gasteiger partial charge is 0.369 e. The molecule has 10 heteroatoms. The van der Waals surface area contributed by atoms with Crippen LogP contribution in [-0.4, -0.2) is 61.8 Å². The number of terminal acetylenes is 1. The average Bonchev–Trinajstić information content (AvgIpc) is 2.83. The average molecular weight is 519 g/mol. The third-order valence-corrected chi connectivity index (χ3v) is 8.12. The molecule has 0 aliphatic carbocycles. The highest BCUT2D eigenvalue weighted by Crippen LogP contribution is 2.36. The smallest absolute Gasteiger partial charge is 0.272 e. The molecule has 1 aliphatic heterocycles. The van der Waals surface area contributed by atoms with E-state index >= 15 is 0 Å². The molecule has 188 valence electrons. The van der Waals surface area contributed by atoms with Crippen molar-refractivity contribution in [2.45, 2.75) is 38.1 Å². The molecule has 3 rings (SSSR count). The summed E-state index contributed by atoms with van der Waals surface area (Å²) in [4.78, 5) is 15.0. The molecule has 0 spiro atoms. The summed E-state index contributed by atoms with van der Waals surface area (Å²) in [5, 5.41) is 12.3. The Morgan fingerprint density at radius 2 is 1.77 bits per heavy atom. The zero-order valence-corrected chi connectivity index (χ0v) is 21.7. The van der Waals surface area contributed by atoms with E-state index in [2.05, 4.69) is 10.8 Å². The number of nitro benzene ring substituents is 1. The fraction of sp³-hybridized carbons (Fsp3) is 0.440. The molecule has 0 unspecified atom stereocenters. The van der Waals surface area contributed by atoms with Crippen molar-refractivity contribution >= 4 is 33.0 Å². The van der Waals surface area contributed by atoms with E-state index in [0.717, 1.165) is 24.5 Å². The second kappa shape index (κ2) is 11.9. The molecule has 35 heavy (non-hydrogen) atoms. The number of piperazine rings is 1. The van der Waals surface area contributed by atoms with Crippen LogP contribution in [0.1, 0.15) is 37.8 Å². The molecule has 1 saturated heterocycles. The fourth-order valence-corrected chi connectivity index (χ4v) is 6.26. The van der Waals surface area contributed by atoms with Crippen LogP contribution in [0, 0.1) is 22.5 Å². The standard InChI is InChI=1S/C25H31ClN4O4S/c1-4-10-28(11-5-2)25-21(6-3)17-23(30(31)32)18-24(25)35(33,34)29-14-12-27(13-15-29)19-20-8-7-9-22(26)16-20/h3,7-9,16-18H,4-5,10-15,19H2,1-2H3. The maximum absolute atomic E-state index is 13.8. The van der Waals surface area contributed by atoms with E-state index in [4.69, 9.17) is 18.0 Å². The first kappa shape index (κ1) is 27.0. The maximum Gasteiger partial charge on any atom is 0.272 e. The van der Waals surface area contributed by atoms with E-state index in [9.17, 15) is 18.5 Å². The normalized spacial score (nSPS) is 15.0. The van der Waals surface area contributed by atoms with E-state index < -0.39 is 14.9 Å². The van der Waals surface area contributed by atoms with E-state index in [1.807, 2.05) is 43.0 Å². The van der Waals surface area contributed by atoms with E-state index in [1.54, 1.807) is 0 Å². The highest BCUT2D eigenvalue weighted by Gasteiger charge is 2.34. The summed E-state index contributed by atoms with van der Waals surface area (Å²) in [6.45, 7) is 7.46. The minimum atomic E-state index is -4.02. The predicted octanol–water partition coefficient (Wildman–Crippen LogP) is 4.36. The van der Waals surface area contributed by atoms with Gasteiger partial charge in [0.2, 0.25) is 10.0 Å². The number of hydrogen-bond acceptors (Lipinski definition) is 6. The van der Waals surface area contributed by atoms with Gasteiger partial charge in [-0.2, -0.15) is 4.31 Å². The quantitative estimate of drug-likeness (QED) is 0.264. The lowest BCUT2D eigenvalue weighted by atomic mass is 10.1. The Morgan fingerprint density at radius 1 is 1.11 bits per heavy atom. The van der Waals surface area contributed by atoms with Crippen LogP contribution in [-0.2, 0) is 16.6 Å². The second-order valence-corrected chi connectivity index (χ2v) is 10.9. The Balaban J connectivity index is 1.94. The Bertz CT molecular complexity index is 1200. The molecule has 1 heterocycles. The van der Waals surface area contributed by atoms with Gasteiger partial charge >= 0.3 is 0 Å². The molecule has 0 radical (unpaired) electrons. The third kappa shape index (κ3) is 6.33. The minimum Gasteiger partial charge on any atom is -0.369 e. The van der Waals surface area contributed by atoms with Gasteiger partial charge in [-0.25, -0.2) is 8.42 Å². The Kier molecular flexibility index (Phi) is 9.14. The van der Waals surface area contributed by atoms with Crippen LogP contribution >= 0.6 is 11.6 Å². The molecule has 0 bridgehead atoms. The monoisotopic (exact) mass is 518 g/mol. The summed E-state index contributed by atoms with van der Waals surface area (Å²) in [7, 11) is -4.02. The first-order valence-corrected chi connectivity index (χ1v) is 13.5. The third-order valence-electron chi connectivity index (χ3n) is 5.97. The number of hydrogen-bond donors (Lipinski definition) is 0. The summed E-state index contributed by atoms with van der Waals surface area (Å²) in [5.74, 6) is 2.49. The number of halogens is 1. The molecule has 8 nitrogen and oxygen atoms in total. The van der Waals surface area contributed by atoms with Crippen molar-refractivity contribution in [2.75, 3.05) is 44.2 Å². The maximum atomic E-state index is 13.8. The summed E-state index contributed by atoms with van der Waals surface area (Å²) in [5.41, 5.74) is 1.33. The lowest BCUT2D eigenvalue weighted by molar-refractivity contribution is -0.385. The molecule has 0 amide bonds. The van der Waals surface area contributed by atoms with E-state index in [0.29, 0.717) is 43.4 Å². The minimum absolute atomic E-state index is 0.0927. The molecule has 0 aromatic heterocycles. The predicted molar refractivity (Wildman–Crippen MR) is 139 cm³/mol.